The van der Waals surface area contributed by atoms with Gasteiger partial charge in [-0.1, -0.05) is 249 Å². The highest BCUT2D eigenvalue weighted by Gasteiger charge is 2.23. The van der Waals surface area contributed by atoms with E-state index in [1.165, 1.54) is 5.39 Å². The highest BCUT2D eigenvalue weighted by atomic mass is 16.3. The zero-order valence-electron chi connectivity index (χ0n) is 53.7. The molecule has 0 aliphatic rings. The van der Waals surface area contributed by atoms with Crippen molar-refractivity contribution in [3.8, 4) is 102 Å². The summed E-state index contributed by atoms with van der Waals surface area (Å²) in [4.78, 5) is 30.4. The second kappa shape index (κ2) is 24.2. The Morgan fingerprint density at radius 3 is 1.08 bits per heavy atom. The van der Waals surface area contributed by atoms with Gasteiger partial charge in [-0.05, 0) is 124 Å². The quantitative estimate of drug-likeness (QED) is 0.133. The fraction of sp³-hybridized carbons (Fsp3) is 0. The Morgan fingerprint density at radius 2 is 0.540 bits per heavy atom. The van der Waals surface area contributed by atoms with Gasteiger partial charge >= 0.3 is 0 Å². The molecule has 0 atom stereocenters. The number of hydrogen-bond acceptors (Lipinski definition) is 8. The molecule has 0 unspecified atom stereocenters. The summed E-state index contributed by atoms with van der Waals surface area (Å²) in [5.74, 6) is 3.71. The van der Waals surface area contributed by atoms with Crippen molar-refractivity contribution in [1.29, 1.82) is 0 Å². The summed E-state index contributed by atoms with van der Waals surface area (Å²) in [6.07, 6.45) is 0. The minimum absolute atomic E-state index is 0.584. The van der Waals surface area contributed by atoms with E-state index in [0.29, 0.717) is 35.1 Å². The summed E-state index contributed by atoms with van der Waals surface area (Å²) in [6.45, 7) is 0. The smallest absolute Gasteiger partial charge is 0.238 e. The summed E-state index contributed by atoms with van der Waals surface area (Å²) >= 11 is 0. The van der Waals surface area contributed by atoms with Crippen molar-refractivity contribution in [3.63, 3.8) is 0 Å². The van der Waals surface area contributed by atoms with Crippen LogP contribution in [0.1, 0.15) is 0 Å². The number of fused-ring (bicyclic) bond motifs is 12. The Bertz CT molecular complexity index is 6480. The maximum Gasteiger partial charge on any atom is 0.238 e. The van der Waals surface area contributed by atoms with Crippen molar-refractivity contribution in [2.24, 2.45) is 0 Å². The van der Waals surface area contributed by atoms with Crippen LogP contribution in [0.3, 0.4) is 0 Å². The third-order valence-electron chi connectivity index (χ3n) is 18.9. The monoisotopic (exact) mass is 1280 g/mol. The van der Waals surface area contributed by atoms with E-state index in [4.69, 9.17) is 38.7 Å². The average Bonchev–Trinajstić information content (AvgIpc) is 1.58. The van der Waals surface area contributed by atoms with Gasteiger partial charge in [0.15, 0.2) is 29.1 Å². The zero-order chi connectivity index (χ0) is 66.0. The number of aromatic nitrogens is 8. The number of benzene rings is 14. The van der Waals surface area contributed by atoms with Gasteiger partial charge in [-0.15, -0.1) is 0 Å². The second-order valence-corrected chi connectivity index (χ2v) is 24.9. The largest absolute Gasteiger partial charge is 0.456 e. The van der Waals surface area contributed by atoms with Gasteiger partial charge in [0, 0.05) is 70.9 Å². The molecule has 6 heterocycles. The first-order valence-corrected chi connectivity index (χ1v) is 33.4. The van der Waals surface area contributed by atoms with E-state index in [0.717, 1.165) is 149 Å². The van der Waals surface area contributed by atoms with Crippen LogP contribution in [0.25, 0.3) is 189 Å². The van der Waals surface area contributed by atoms with Crippen LogP contribution in [0.15, 0.2) is 349 Å². The third-order valence-corrected chi connectivity index (χ3v) is 18.9. The topological polar surface area (TPSA) is 113 Å². The second-order valence-electron chi connectivity index (χ2n) is 24.9. The molecule has 10 nitrogen and oxygen atoms in total. The Morgan fingerprint density at radius 1 is 0.190 bits per heavy atom. The molecule has 0 saturated carbocycles. The predicted molar refractivity (Wildman–Crippen MR) is 406 cm³/mol. The molecule has 0 fully saturated rings. The number of furan rings is 2. The Kier molecular flexibility index (Phi) is 14.0. The van der Waals surface area contributed by atoms with Crippen LogP contribution >= 0.6 is 0 Å². The lowest BCUT2D eigenvalue weighted by Crippen LogP contribution is -2.06. The first-order valence-electron chi connectivity index (χ1n) is 33.4. The van der Waals surface area contributed by atoms with Crippen LogP contribution in [0.4, 0.5) is 0 Å². The first-order chi connectivity index (χ1) is 49.5. The van der Waals surface area contributed by atoms with Crippen LogP contribution < -0.4 is 0 Å². The zero-order valence-corrected chi connectivity index (χ0v) is 53.7. The molecule has 20 rings (SSSR count). The van der Waals surface area contributed by atoms with E-state index in [-0.39, 0.29) is 0 Å². The van der Waals surface area contributed by atoms with Crippen LogP contribution in [0.2, 0.25) is 0 Å². The number of para-hydroxylation sites is 5. The van der Waals surface area contributed by atoms with Crippen molar-refractivity contribution in [2.75, 3.05) is 0 Å². The highest BCUT2D eigenvalue weighted by Crippen LogP contribution is 2.42. The van der Waals surface area contributed by atoms with Gasteiger partial charge in [0.05, 0.1) is 27.8 Å². The Balaban J connectivity index is 0.000000143. The van der Waals surface area contributed by atoms with Crippen LogP contribution in [0.5, 0.6) is 0 Å². The molecule has 0 bridgehead atoms. The minimum atomic E-state index is 0.584. The van der Waals surface area contributed by atoms with E-state index in [1.54, 1.807) is 0 Å². The van der Waals surface area contributed by atoms with Crippen molar-refractivity contribution in [1.82, 2.24) is 39.0 Å². The van der Waals surface area contributed by atoms with Crippen LogP contribution in [-0.2, 0) is 0 Å². The lowest BCUT2D eigenvalue weighted by Gasteiger charge is -2.15. The van der Waals surface area contributed by atoms with Gasteiger partial charge < -0.3 is 13.4 Å². The number of hydrogen-bond donors (Lipinski definition) is 0. The van der Waals surface area contributed by atoms with Crippen molar-refractivity contribution in [3.05, 3.63) is 340 Å². The molecule has 0 radical (unpaired) electrons. The lowest BCUT2D eigenvalue weighted by atomic mass is 10.0. The molecular formula is C90H56N8O2. The summed E-state index contributed by atoms with van der Waals surface area (Å²) < 4.78 is 17.0. The van der Waals surface area contributed by atoms with Gasteiger partial charge in [-0.2, -0.15) is 9.97 Å². The van der Waals surface area contributed by atoms with E-state index < -0.39 is 0 Å². The summed E-state index contributed by atoms with van der Waals surface area (Å²) in [5, 5.41) is 9.12. The predicted octanol–water partition coefficient (Wildman–Crippen LogP) is 23.1. The van der Waals surface area contributed by atoms with Crippen molar-refractivity contribution < 1.29 is 8.83 Å². The SMILES string of the molecule is c1ccc(-c2cccc(-c3nc(-c4ccccc4)nc(-c4ccccc4-n4c5ccccc5c5cc(-c6ccc7c(c6)oc6ccccc67)ccc54)n3)c2)cc1.c1ccc(-c2nc(-c3ccccc3)nc(-n3c4ccccc4c4cc(-c5ccc6c(c5)oc5ccccc56)ccc43)n2)cc1. The van der Waals surface area contributed by atoms with Crippen molar-refractivity contribution in [2.45, 2.75) is 0 Å². The molecule has 0 aliphatic heterocycles. The Hall–Kier alpha value is -13.7. The Labute approximate surface area is 573 Å². The maximum absolute atomic E-state index is 6.27. The van der Waals surface area contributed by atoms with E-state index in [9.17, 15) is 0 Å². The molecule has 0 amide bonds. The molecular weight excluding hydrogens is 1230 g/mol. The number of rotatable bonds is 10. The van der Waals surface area contributed by atoms with E-state index in [1.807, 2.05) is 127 Å². The highest BCUT2D eigenvalue weighted by molar-refractivity contribution is 6.13. The molecule has 0 N–H and O–H groups in total. The average molecular weight is 1280 g/mol. The first kappa shape index (κ1) is 57.7. The normalized spacial score (nSPS) is 11.6. The fourth-order valence-corrected chi connectivity index (χ4v) is 14.2. The molecule has 20 aromatic rings. The summed E-state index contributed by atoms with van der Waals surface area (Å²) in [7, 11) is 0. The van der Waals surface area contributed by atoms with Gasteiger partial charge in [0.25, 0.3) is 0 Å². The van der Waals surface area contributed by atoms with Gasteiger partial charge in [-0.3, -0.25) is 4.57 Å². The fourth-order valence-electron chi connectivity index (χ4n) is 14.2. The summed E-state index contributed by atoms with van der Waals surface area (Å²) in [5.41, 5.74) is 20.2. The van der Waals surface area contributed by atoms with Gasteiger partial charge in [0.1, 0.15) is 22.3 Å². The molecule has 0 spiro atoms. The van der Waals surface area contributed by atoms with Gasteiger partial charge in [0.2, 0.25) is 5.95 Å². The van der Waals surface area contributed by atoms with Gasteiger partial charge in [-0.25, -0.2) is 19.9 Å². The van der Waals surface area contributed by atoms with Crippen LogP contribution in [-0.4, -0.2) is 39.0 Å². The number of nitrogens with zero attached hydrogens (tertiary/aromatic N) is 8. The molecule has 100 heavy (non-hydrogen) atoms. The maximum atomic E-state index is 6.27. The van der Waals surface area contributed by atoms with Crippen LogP contribution in [0, 0.1) is 0 Å². The molecule has 468 valence electrons. The molecule has 0 saturated heterocycles. The molecule has 6 aromatic heterocycles. The molecule has 10 heteroatoms. The minimum Gasteiger partial charge on any atom is -0.456 e. The summed E-state index contributed by atoms with van der Waals surface area (Å²) in [6, 6.07) is 117. The lowest BCUT2D eigenvalue weighted by molar-refractivity contribution is 0.668. The van der Waals surface area contributed by atoms with Crippen molar-refractivity contribution >= 4 is 87.5 Å². The van der Waals surface area contributed by atoms with E-state index in [2.05, 4.69) is 221 Å². The standard InChI is InChI=1S/C51H32N4O.C39H24N4O/c1-3-14-33(15-4-1)35-18-13-19-38(30-35)50-52-49(34-16-5-2-6-17-34)53-51(54-50)42-22-8-11-24-45(42)55-44-23-10-7-20-39(44)43-31-36(27-29-46(43)55)37-26-28-41-40-21-9-12-25-47(40)56-48(41)32-37;1-3-11-25(12-4-1)37-40-38(26-13-5-2-6-14-26)42-39(41-37)43-33-17-9-7-15-29(33)32-23-27(20-22-34(32)43)28-19-21-31-30-16-8-10-18-35(30)44-36(31)24-28/h1-32H;1-24H. The van der Waals surface area contributed by atoms with E-state index >= 15 is 0 Å². The molecule has 14 aromatic carbocycles. The third kappa shape index (κ3) is 10.2. The molecule has 0 aliphatic carbocycles.